The standard InChI is InChI=1S/C22H24ClN4O3P/c1-14-11-18(19(30-2)12-15(14)9-10-28)26-22-24-13-16(23)21(27-22)25-17-7-5-6-8-20(17)31(3,4)29/h5-8,10-13H,9H2,1-4H3,(H2,24,25,26,27). The SMILES string of the molecule is COc1cc(CC=O)c(C)cc1Nc1ncc(Cl)c(Nc2ccccc2P(C)(C)=O)n1. The molecule has 0 atom stereocenters. The van der Waals surface area contributed by atoms with E-state index in [1.807, 2.05) is 43.3 Å². The van der Waals surface area contributed by atoms with Gasteiger partial charge in [-0.25, -0.2) is 4.98 Å². The van der Waals surface area contributed by atoms with Gasteiger partial charge in [-0.15, -0.1) is 0 Å². The molecule has 0 amide bonds. The van der Waals surface area contributed by atoms with E-state index in [1.165, 1.54) is 6.20 Å². The molecule has 0 bridgehead atoms. The molecule has 0 spiro atoms. The molecule has 0 fully saturated rings. The highest BCUT2D eigenvalue weighted by atomic mass is 35.5. The Labute approximate surface area is 186 Å². The number of aromatic nitrogens is 2. The van der Waals surface area contributed by atoms with E-state index in [-0.39, 0.29) is 0 Å². The van der Waals surface area contributed by atoms with Gasteiger partial charge in [0.1, 0.15) is 24.2 Å². The number of nitrogens with zero attached hydrogens (tertiary/aromatic N) is 2. The maximum absolute atomic E-state index is 12.6. The van der Waals surface area contributed by atoms with Gasteiger partial charge in [0.25, 0.3) is 0 Å². The zero-order valence-electron chi connectivity index (χ0n) is 17.8. The summed E-state index contributed by atoms with van der Waals surface area (Å²) in [7, 11) is -0.951. The third-order valence-electron chi connectivity index (χ3n) is 4.69. The second-order valence-electron chi connectivity index (χ2n) is 7.36. The van der Waals surface area contributed by atoms with Gasteiger partial charge in [0.15, 0.2) is 5.82 Å². The van der Waals surface area contributed by atoms with Gasteiger partial charge in [0.2, 0.25) is 5.95 Å². The van der Waals surface area contributed by atoms with Gasteiger partial charge >= 0.3 is 0 Å². The third-order valence-corrected chi connectivity index (χ3v) is 6.52. The Kier molecular flexibility index (Phi) is 6.98. The van der Waals surface area contributed by atoms with Gasteiger partial charge in [0, 0.05) is 11.7 Å². The van der Waals surface area contributed by atoms with Crippen LogP contribution in [0, 0.1) is 6.92 Å². The van der Waals surface area contributed by atoms with E-state index in [0.717, 1.165) is 17.4 Å². The minimum Gasteiger partial charge on any atom is -0.495 e. The first-order valence-corrected chi connectivity index (χ1v) is 12.5. The number of benzene rings is 2. The highest BCUT2D eigenvalue weighted by molar-refractivity contribution is 7.70. The number of carbonyl (C=O) groups is 1. The number of para-hydroxylation sites is 1. The maximum Gasteiger partial charge on any atom is 0.229 e. The number of ether oxygens (including phenoxy) is 1. The second kappa shape index (κ2) is 9.50. The van der Waals surface area contributed by atoms with Gasteiger partial charge in [-0.3, -0.25) is 0 Å². The zero-order valence-corrected chi connectivity index (χ0v) is 19.4. The molecule has 162 valence electrons. The summed E-state index contributed by atoms with van der Waals surface area (Å²) in [6, 6.07) is 11.0. The second-order valence-corrected chi connectivity index (χ2v) is 10.9. The molecule has 0 aliphatic rings. The van der Waals surface area contributed by atoms with Crippen LogP contribution >= 0.6 is 18.7 Å². The number of hydrogen-bond donors (Lipinski definition) is 2. The number of carbonyl (C=O) groups excluding carboxylic acids is 1. The number of methoxy groups -OCH3 is 1. The Morgan fingerprint density at radius 2 is 1.90 bits per heavy atom. The van der Waals surface area contributed by atoms with E-state index < -0.39 is 7.14 Å². The molecule has 2 N–H and O–H groups in total. The third kappa shape index (κ3) is 5.43. The summed E-state index contributed by atoms with van der Waals surface area (Å²) in [4.78, 5) is 19.6. The van der Waals surface area contributed by atoms with Crippen molar-refractivity contribution in [2.75, 3.05) is 31.1 Å². The Balaban J connectivity index is 1.94. The van der Waals surface area contributed by atoms with Crippen LogP contribution in [0.25, 0.3) is 0 Å². The Morgan fingerprint density at radius 3 is 2.58 bits per heavy atom. The minimum atomic E-state index is -2.51. The molecule has 0 saturated heterocycles. The number of aryl methyl sites for hydroxylation is 1. The van der Waals surface area contributed by atoms with Crippen LogP contribution in [0.4, 0.5) is 23.1 Å². The number of rotatable bonds is 8. The fourth-order valence-electron chi connectivity index (χ4n) is 3.12. The van der Waals surface area contributed by atoms with Gasteiger partial charge in [0.05, 0.1) is 24.7 Å². The van der Waals surface area contributed by atoms with Crippen molar-refractivity contribution in [2.45, 2.75) is 13.3 Å². The van der Waals surface area contributed by atoms with E-state index in [4.69, 9.17) is 16.3 Å². The van der Waals surface area contributed by atoms with Crippen LogP contribution in [0.2, 0.25) is 5.02 Å². The van der Waals surface area contributed by atoms with E-state index in [1.54, 1.807) is 20.4 Å². The molecule has 0 aliphatic heterocycles. The number of nitrogens with one attached hydrogen (secondary N) is 2. The summed E-state index contributed by atoms with van der Waals surface area (Å²) in [5.41, 5.74) is 3.17. The smallest absolute Gasteiger partial charge is 0.229 e. The summed E-state index contributed by atoms with van der Waals surface area (Å²) in [5.74, 6) is 1.26. The van der Waals surface area contributed by atoms with Crippen molar-refractivity contribution in [3.63, 3.8) is 0 Å². The molecule has 0 unspecified atom stereocenters. The van der Waals surface area contributed by atoms with Crippen LogP contribution < -0.4 is 20.7 Å². The monoisotopic (exact) mass is 458 g/mol. The largest absolute Gasteiger partial charge is 0.495 e. The van der Waals surface area contributed by atoms with Gasteiger partial charge in [-0.05, 0) is 55.6 Å². The molecule has 9 heteroatoms. The van der Waals surface area contributed by atoms with Crippen molar-refractivity contribution in [1.29, 1.82) is 0 Å². The molecular formula is C22H24ClN4O3P. The van der Waals surface area contributed by atoms with E-state index in [2.05, 4.69) is 20.6 Å². The lowest BCUT2D eigenvalue weighted by atomic mass is 10.0. The van der Waals surface area contributed by atoms with Gasteiger partial charge in [-0.1, -0.05) is 23.7 Å². The maximum atomic E-state index is 12.6. The average Bonchev–Trinajstić information content (AvgIpc) is 2.72. The molecule has 3 aromatic rings. The average molecular weight is 459 g/mol. The van der Waals surface area contributed by atoms with Crippen LogP contribution in [0.1, 0.15) is 11.1 Å². The molecule has 0 saturated carbocycles. The molecule has 1 heterocycles. The Bertz CT molecular complexity index is 1160. The molecule has 1 aromatic heterocycles. The van der Waals surface area contributed by atoms with Crippen LogP contribution in [0.5, 0.6) is 5.75 Å². The van der Waals surface area contributed by atoms with Crippen LogP contribution in [0.3, 0.4) is 0 Å². The zero-order chi connectivity index (χ0) is 22.6. The molecule has 0 radical (unpaired) electrons. The van der Waals surface area contributed by atoms with Crippen molar-refractivity contribution in [1.82, 2.24) is 9.97 Å². The number of halogens is 1. The van der Waals surface area contributed by atoms with Crippen molar-refractivity contribution in [3.8, 4) is 5.75 Å². The minimum absolute atomic E-state index is 0.307. The Hall–Kier alpha value is -2.89. The van der Waals surface area contributed by atoms with Crippen LogP contribution in [0.15, 0.2) is 42.6 Å². The molecule has 2 aromatic carbocycles. The normalized spacial score (nSPS) is 11.1. The predicted molar refractivity (Wildman–Crippen MR) is 127 cm³/mol. The summed E-state index contributed by atoms with van der Waals surface area (Å²) in [5, 5.41) is 7.35. The molecule has 3 rings (SSSR count). The van der Waals surface area contributed by atoms with Crippen molar-refractivity contribution >= 4 is 53.5 Å². The van der Waals surface area contributed by atoms with Crippen molar-refractivity contribution in [3.05, 3.63) is 58.7 Å². The van der Waals surface area contributed by atoms with E-state index in [9.17, 15) is 9.36 Å². The van der Waals surface area contributed by atoms with Crippen molar-refractivity contribution < 1.29 is 14.1 Å². The molecular weight excluding hydrogens is 435 g/mol. The van der Waals surface area contributed by atoms with E-state index >= 15 is 0 Å². The first kappa shape index (κ1) is 22.8. The summed E-state index contributed by atoms with van der Waals surface area (Å²) < 4.78 is 18.1. The lowest BCUT2D eigenvalue weighted by molar-refractivity contribution is -0.107. The quantitative estimate of drug-likeness (QED) is 0.365. The first-order chi connectivity index (χ1) is 14.7. The molecule has 7 nitrogen and oxygen atoms in total. The number of aldehydes is 1. The van der Waals surface area contributed by atoms with Crippen LogP contribution in [-0.2, 0) is 15.8 Å². The lowest BCUT2D eigenvalue weighted by Crippen LogP contribution is -2.11. The highest BCUT2D eigenvalue weighted by Crippen LogP contribution is 2.39. The summed E-state index contributed by atoms with van der Waals surface area (Å²) in [6.45, 7) is 5.35. The number of hydrogen-bond acceptors (Lipinski definition) is 7. The Morgan fingerprint density at radius 1 is 1.16 bits per heavy atom. The highest BCUT2D eigenvalue weighted by Gasteiger charge is 2.17. The molecule has 31 heavy (non-hydrogen) atoms. The fraction of sp³-hybridized carbons (Fsp3) is 0.227. The first-order valence-electron chi connectivity index (χ1n) is 9.55. The summed E-state index contributed by atoms with van der Waals surface area (Å²) >= 11 is 6.31. The topological polar surface area (TPSA) is 93.2 Å². The van der Waals surface area contributed by atoms with Crippen molar-refractivity contribution in [2.24, 2.45) is 0 Å². The molecule has 0 aliphatic carbocycles. The van der Waals surface area contributed by atoms with Crippen LogP contribution in [-0.4, -0.2) is 36.7 Å². The van der Waals surface area contributed by atoms with E-state index in [0.29, 0.717) is 45.6 Å². The fourth-order valence-corrected chi connectivity index (χ4v) is 4.41. The van der Waals surface area contributed by atoms with Gasteiger partial charge in [-0.2, -0.15) is 4.98 Å². The lowest BCUT2D eigenvalue weighted by Gasteiger charge is -2.16. The predicted octanol–water partition coefficient (Wildman–Crippen LogP) is 4.92. The summed E-state index contributed by atoms with van der Waals surface area (Å²) in [6.07, 6.45) is 2.66. The van der Waals surface area contributed by atoms with Gasteiger partial charge < -0.3 is 24.7 Å². The number of anilines is 4.